The molecule has 0 aliphatic carbocycles. The average molecular weight is 251 g/mol. The summed E-state index contributed by atoms with van der Waals surface area (Å²) in [4.78, 5) is 13.4. The molecule has 3 rings (SSSR count). The van der Waals surface area contributed by atoms with Gasteiger partial charge in [-0.2, -0.15) is 0 Å². The number of halogens is 1. The molecule has 2 aliphatic heterocycles. The van der Waals surface area contributed by atoms with Gasteiger partial charge in [-0.25, -0.2) is 9.18 Å². The number of rotatable bonds is 2. The van der Waals surface area contributed by atoms with Crippen LogP contribution in [0.2, 0.25) is 0 Å². The van der Waals surface area contributed by atoms with Crippen molar-refractivity contribution in [1.82, 2.24) is 4.90 Å². The molecule has 2 fully saturated rings. The molecule has 0 radical (unpaired) electrons. The highest BCUT2D eigenvalue weighted by Gasteiger charge is 2.44. The number of likely N-dealkylation sites (tertiary alicyclic amines) is 1. The fourth-order valence-electron chi connectivity index (χ4n) is 2.15. The first-order chi connectivity index (χ1) is 8.74. The van der Waals surface area contributed by atoms with E-state index >= 15 is 0 Å². The van der Waals surface area contributed by atoms with E-state index in [1.165, 1.54) is 12.1 Å². The van der Waals surface area contributed by atoms with Crippen LogP contribution in [0.15, 0.2) is 24.3 Å². The van der Waals surface area contributed by atoms with E-state index in [-0.39, 0.29) is 18.0 Å². The Bertz CT molecular complexity index is 442. The van der Waals surface area contributed by atoms with Crippen LogP contribution in [-0.2, 0) is 9.47 Å². The summed E-state index contributed by atoms with van der Waals surface area (Å²) in [7, 11) is 0. The molecular weight excluding hydrogens is 237 g/mol. The summed E-state index contributed by atoms with van der Waals surface area (Å²) in [6.45, 7) is 1.51. The number of carbonyl (C=O) groups excluding carboxylic acids is 1. The van der Waals surface area contributed by atoms with Crippen molar-refractivity contribution >= 4 is 6.09 Å². The molecule has 0 N–H and O–H groups in total. The molecule has 1 aromatic rings. The number of ether oxygens (including phenoxy) is 2. The van der Waals surface area contributed by atoms with Crippen LogP contribution in [0.3, 0.4) is 0 Å². The molecule has 2 heterocycles. The highest BCUT2D eigenvalue weighted by atomic mass is 19.1. The van der Waals surface area contributed by atoms with Crippen molar-refractivity contribution in [2.24, 2.45) is 0 Å². The molecule has 18 heavy (non-hydrogen) atoms. The molecule has 5 heteroatoms. The van der Waals surface area contributed by atoms with Crippen LogP contribution >= 0.6 is 0 Å². The van der Waals surface area contributed by atoms with Gasteiger partial charge in [0.1, 0.15) is 11.9 Å². The van der Waals surface area contributed by atoms with E-state index in [4.69, 9.17) is 9.47 Å². The minimum absolute atomic E-state index is 0.253. The van der Waals surface area contributed by atoms with Crippen molar-refractivity contribution in [3.63, 3.8) is 0 Å². The average Bonchev–Trinajstić information content (AvgIpc) is 2.92. The van der Waals surface area contributed by atoms with Gasteiger partial charge in [-0.1, -0.05) is 12.1 Å². The van der Waals surface area contributed by atoms with Crippen LogP contribution in [0.4, 0.5) is 9.18 Å². The monoisotopic (exact) mass is 251 g/mol. The number of amides is 1. The normalized spacial score (nSPS) is 26.2. The van der Waals surface area contributed by atoms with Gasteiger partial charge in [0.25, 0.3) is 0 Å². The summed E-state index contributed by atoms with van der Waals surface area (Å²) in [5.41, 5.74) is 0.829. The maximum atomic E-state index is 12.7. The standard InChI is InChI=1S/C13H14FNO3/c14-10-5-3-9(4-6-10)11-12(17-11)18-13(16)15-7-1-2-8-15/h3-6,11-12H,1-2,7-8H2/t11-,12+/m1/s1. The first-order valence-electron chi connectivity index (χ1n) is 6.10. The van der Waals surface area contributed by atoms with E-state index < -0.39 is 6.29 Å². The summed E-state index contributed by atoms with van der Waals surface area (Å²) in [6.07, 6.45) is 0.965. The molecule has 0 bridgehead atoms. The van der Waals surface area contributed by atoms with E-state index in [1.54, 1.807) is 17.0 Å². The lowest BCUT2D eigenvalue weighted by Gasteiger charge is -2.13. The van der Waals surface area contributed by atoms with Gasteiger partial charge in [0.05, 0.1) is 0 Å². The molecule has 0 spiro atoms. The molecule has 0 saturated carbocycles. The van der Waals surface area contributed by atoms with Crippen molar-refractivity contribution < 1.29 is 18.7 Å². The lowest BCUT2D eigenvalue weighted by atomic mass is 10.1. The molecule has 0 unspecified atom stereocenters. The zero-order valence-electron chi connectivity index (χ0n) is 9.84. The summed E-state index contributed by atoms with van der Waals surface area (Å²) < 4.78 is 23.2. The van der Waals surface area contributed by atoms with Gasteiger partial charge in [0.2, 0.25) is 6.29 Å². The van der Waals surface area contributed by atoms with Gasteiger partial charge in [0.15, 0.2) is 0 Å². The first kappa shape index (κ1) is 11.5. The lowest BCUT2D eigenvalue weighted by Crippen LogP contribution is -2.29. The van der Waals surface area contributed by atoms with E-state index in [0.717, 1.165) is 31.5 Å². The minimum atomic E-state index is -0.524. The van der Waals surface area contributed by atoms with E-state index in [0.29, 0.717) is 0 Å². The Hall–Kier alpha value is -1.62. The number of epoxide rings is 1. The third-order valence-electron chi connectivity index (χ3n) is 3.23. The van der Waals surface area contributed by atoms with Crippen LogP contribution in [-0.4, -0.2) is 30.4 Å². The second kappa shape index (κ2) is 4.57. The number of carbonyl (C=O) groups is 1. The third-order valence-corrected chi connectivity index (χ3v) is 3.23. The SMILES string of the molecule is O=C(O[C@@H]1O[C@@H]1c1ccc(F)cc1)N1CCCC1. The molecule has 96 valence electrons. The predicted molar refractivity (Wildman–Crippen MR) is 61.3 cm³/mol. The van der Waals surface area contributed by atoms with Gasteiger partial charge >= 0.3 is 6.09 Å². The molecule has 1 aromatic carbocycles. The molecule has 2 atom stereocenters. The van der Waals surface area contributed by atoms with E-state index in [1.807, 2.05) is 0 Å². The van der Waals surface area contributed by atoms with E-state index in [2.05, 4.69) is 0 Å². The van der Waals surface area contributed by atoms with Crippen molar-refractivity contribution in [3.05, 3.63) is 35.6 Å². The topological polar surface area (TPSA) is 42.1 Å². The van der Waals surface area contributed by atoms with E-state index in [9.17, 15) is 9.18 Å². The van der Waals surface area contributed by atoms with Gasteiger partial charge in [0, 0.05) is 13.1 Å². The Morgan fingerprint density at radius 2 is 1.94 bits per heavy atom. The Balaban J connectivity index is 1.54. The second-order valence-corrected chi connectivity index (χ2v) is 4.55. The summed E-state index contributed by atoms with van der Waals surface area (Å²) in [5.74, 6) is -0.287. The van der Waals surface area contributed by atoms with Crippen LogP contribution in [0.25, 0.3) is 0 Å². The maximum Gasteiger partial charge on any atom is 0.412 e. The fraction of sp³-hybridized carbons (Fsp3) is 0.462. The summed E-state index contributed by atoms with van der Waals surface area (Å²) >= 11 is 0. The molecular formula is C13H14FNO3. The van der Waals surface area contributed by atoms with Crippen molar-refractivity contribution in [2.75, 3.05) is 13.1 Å². The molecule has 1 amide bonds. The minimum Gasteiger partial charge on any atom is -0.416 e. The number of hydrogen-bond donors (Lipinski definition) is 0. The zero-order valence-corrected chi connectivity index (χ0v) is 9.84. The number of benzene rings is 1. The molecule has 2 aliphatic rings. The maximum absolute atomic E-state index is 12.7. The number of nitrogens with zero attached hydrogens (tertiary/aromatic N) is 1. The Morgan fingerprint density at radius 3 is 2.61 bits per heavy atom. The summed E-state index contributed by atoms with van der Waals surface area (Å²) in [6, 6.07) is 6.03. The van der Waals surface area contributed by atoms with Gasteiger partial charge in [-0.15, -0.1) is 0 Å². The Morgan fingerprint density at radius 1 is 1.28 bits per heavy atom. The van der Waals surface area contributed by atoms with Crippen LogP contribution in [0.1, 0.15) is 24.5 Å². The largest absolute Gasteiger partial charge is 0.416 e. The van der Waals surface area contributed by atoms with Crippen molar-refractivity contribution in [1.29, 1.82) is 0 Å². The fourth-order valence-corrected chi connectivity index (χ4v) is 2.15. The predicted octanol–water partition coefficient (Wildman–Crippen LogP) is 2.46. The second-order valence-electron chi connectivity index (χ2n) is 4.55. The quantitative estimate of drug-likeness (QED) is 0.758. The van der Waals surface area contributed by atoms with Crippen molar-refractivity contribution in [2.45, 2.75) is 25.2 Å². The Labute approximate surface area is 104 Å². The summed E-state index contributed by atoms with van der Waals surface area (Å²) in [5, 5.41) is 0. The van der Waals surface area contributed by atoms with Gasteiger partial charge < -0.3 is 14.4 Å². The smallest absolute Gasteiger partial charge is 0.412 e. The molecule has 2 saturated heterocycles. The van der Waals surface area contributed by atoms with Gasteiger partial charge in [-0.05, 0) is 30.5 Å². The molecule has 4 nitrogen and oxygen atoms in total. The third kappa shape index (κ3) is 2.31. The van der Waals surface area contributed by atoms with Gasteiger partial charge in [-0.3, -0.25) is 0 Å². The molecule has 0 aromatic heterocycles. The zero-order chi connectivity index (χ0) is 12.5. The Kier molecular flexibility index (Phi) is 2.91. The first-order valence-corrected chi connectivity index (χ1v) is 6.10. The number of hydrogen-bond acceptors (Lipinski definition) is 3. The van der Waals surface area contributed by atoms with Crippen LogP contribution < -0.4 is 0 Å². The van der Waals surface area contributed by atoms with Crippen molar-refractivity contribution in [3.8, 4) is 0 Å². The highest BCUT2D eigenvalue weighted by molar-refractivity contribution is 5.68. The lowest BCUT2D eigenvalue weighted by molar-refractivity contribution is 0.0658. The van der Waals surface area contributed by atoms with Crippen LogP contribution in [0.5, 0.6) is 0 Å². The highest BCUT2D eigenvalue weighted by Crippen LogP contribution is 2.39. The van der Waals surface area contributed by atoms with Crippen LogP contribution in [0, 0.1) is 5.82 Å².